The van der Waals surface area contributed by atoms with E-state index in [1.165, 1.54) is 0 Å². The van der Waals surface area contributed by atoms with Crippen LogP contribution in [0.2, 0.25) is 0 Å². The van der Waals surface area contributed by atoms with Crippen LogP contribution in [0.1, 0.15) is 12.0 Å². The number of carbonyl (C=O) groups is 2. The largest absolute Gasteiger partial charge is 0.493 e. The molecule has 6 nitrogen and oxygen atoms in total. The standard InChI is InChI=1S/C24H23NO5/c1-18-9-5-7-13-21(18)28-16-15-24(27)29-17-23(26)25-20-12-6-8-14-22(20)30-19-10-3-2-4-11-19/h2-14H,15-17H2,1H3,(H,25,26). The molecular weight excluding hydrogens is 382 g/mol. The average Bonchev–Trinajstić information content (AvgIpc) is 2.76. The molecule has 0 heterocycles. The summed E-state index contributed by atoms with van der Waals surface area (Å²) in [5.41, 5.74) is 1.48. The Morgan fingerprint density at radius 1 is 0.833 bits per heavy atom. The highest BCUT2D eigenvalue weighted by Crippen LogP contribution is 2.29. The third-order valence-electron chi connectivity index (χ3n) is 4.15. The van der Waals surface area contributed by atoms with Crippen molar-refractivity contribution in [3.8, 4) is 17.2 Å². The molecule has 0 aliphatic rings. The van der Waals surface area contributed by atoms with E-state index in [0.29, 0.717) is 17.2 Å². The van der Waals surface area contributed by atoms with Gasteiger partial charge in [0.2, 0.25) is 0 Å². The predicted octanol–water partition coefficient (Wildman–Crippen LogP) is 4.74. The molecular formula is C24H23NO5. The van der Waals surface area contributed by atoms with E-state index in [0.717, 1.165) is 11.3 Å². The third kappa shape index (κ3) is 6.38. The number of amides is 1. The Morgan fingerprint density at radius 3 is 2.27 bits per heavy atom. The molecule has 3 aromatic rings. The monoisotopic (exact) mass is 405 g/mol. The van der Waals surface area contributed by atoms with E-state index >= 15 is 0 Å². The molecule has 3 rings (SSSR count). The van der Waals surface area contributed by atoms with E-state index in [9.17, 15) is 9.59 Å². The van der Waals surface area contributed by atoms with E-state index in [4.69, 9.17) is 14.2 Å². The molecule has 0 atom stereocenters. The molecule has 0 unspecified atom stereocenters. The number of ether oxygens (including phenoxy) is 3. The first-order valence-electron chi connectivity index (χ1n) is 9.57. The van der Waals surface area contributed by atoms with Crippen LogP contribution in [0.15, 0.2) is 78.9 Å². The van der Waals surface area contributed by atoms with Gasteiger partial charge in [0.15, 0.2) is 12.4 Å². The molecule has 6 heteroatoms. The summed E-state index contributed by atoms with van der Waals surface area (Å²) in [6.07, 6.45) is 0.0509. The summed E-state index contributed by atoms with van der Waals surface area (Å²) < 4.78 is 16.4. The summed E-state index contributed by atoms with van der Waals surface area (Å²) in [5, 5.41) is 2.70. The smallest absolute Gasteiger partial charge is 0.309 e. The van der Waals surface area contributed by atoms with Crippen LogP contribution < -0.4 is 14.8 Å². The molecule has 3 aromatic carbocycles. The van der Waals surface area contributed by atoms with E-state index in [-0.39, 0.29) is 19.6 Å². The Hall–Kier alpha value is -3.80. The van der Waals surface area contributed by atoms with Gasteiger partial charge < -0.3 is 19.5 Å². The second-order valence-electron chi connectivity index (χ2n) is 6.48. The lowest BCUT2D eigenvalue weighted by Gasteiger charge is -2.12. The highest BCUT2D eigenvalue weighted by molar-refractivity contribution is 5.94. The van der Waals surface area contributed by atoms with Crippen molar-refractivity contribution in [1.29, 1.82) is 0 Å². The molecule has 0 aromatic heterocycles. The zero-order valence-corrected chi connectivity index (χ0v) is 16.7. The number of para-hydroxylation sites is 4. The summed E-state index contributed by atoms with van der Waals surface area (Å²) in [4.78, 5) is 24.1. The number of anilines is 1. The third-order valence-corrected chi connectivity index (χ3v) is 4.15. The molecule has 1 amide bonds. The first kappa shape index (κ1) is 20.9. The minimum Gasteiger partial charge on any atom is -0.493 e. The molecule has 154 valence electrons. The molecule has 0 aliphatic heterocycles. The maximum Gasteiger partial charge on any atom is 0.309 e. The van der Waals surface area contributed by atoms with E-state index < -0.39 is 11.9 Å². The Labute approximate surface area is 175 Å². The molecule has 0 aliphatic carbocycles. The zero-order valence-electron chi connectivity index (χ0n) is 16.7. The Kier molecular flexibility index (Phi) is 7.44. The van der Waals surface area contributed by atoms with Gasteiger partial charge in [-0.25, -0.2) is 0 Å². The summed E-state index contributed by atoms with van der Waals surface area (Å²) in [6, 6.07) is 23.8. The van der Waals surface area contributed by atoms with Crippen molar-refractivity contribution in [2.45, 2.75) is 13.3 Å². The lowest BCUT2D eigenvalue weighted by atomic mass is 10.2. The molecule has 0 saturated carbocycles. The van der Waals surface area contributed by atoms with Gasteiger partial charge in [-0.2, -0.15) is 0 Å². The zero-order chi connectivity index (χ0) is 21.2. The minimum atomic E-state index is -0.507. The fourth-order valence-electron chi connectivity index (χ4n) is 2.64. The topological polar surface area (TPSA) is 73.9 Å². The number of rotatable bonds is 9. The SMILES string of the molecule is Cc1ccccc1OCCC(=O)OCC(=O)Nc1ccccc1Oc1ccccc1. The van der Waals surface area contributed by atoms with Crippen LogP contribution >= 0.6 is 0 Å². The second-order valence-corrected chi connectivity index (χ2v) is 6.48. The van der Waals surface area contributed by atoms with E-state index in [2.05, 4.69) is 5.32 Å². The molecule has 0 bridgehead atoms. The summed E-state index contributed by atoms with van der Waals surface area (Å²) in [5.74, 6) is 0.909. The van der Waals surface area contributed by atoms with Crippen LogP contribution in [0.5, 0.6) is 17.2 Å². The van der Waals surface area contributed by atoms with Gasteiger partial charge in [0.05, 0.1) is 18.7 Å². The van der Waals surface area contributed by atoms with E-state index in [1.54, 1.807) is 18.2 Å². The lowest BCUT2D eigenvalue weighted by Crippen LogP contribution is -2.22. The highest BCUT2D eigenvalue weighted by atomic mass is 16.5. The van der Waals surface area contributed by atoms with Crippen molar-refractivity contribution < 1.29 is 23.8 Å². The van der Waals surface area contributed by atoms with Crippen molar-refractivity contribution >= 4 is 17.6 Å². The van der Waals surface area contributed by atoms with Gasteiger partial charge in [-0.15, -0.1) is 0 Å². The normalized spacial score (nSPS) is 10.2. The minimum absolute atomic E-state index is 0.0509. The van der Waals surface area contributed by atoms with Crippen molar-refractivity contribution in [1.82, 2.24) is 0 Å². The Balaban J connectivity index is 1.44. The first-order valence-corrected chi connectivity index (χ1v) is 9.57. The maximum absolute atomic E-state index is 12.2. The van der Waals surface area contributed by atoms with Gasteiger partial charge in [-0.1, -0.05) is 48.5 Å². The number of hydrogen-bond donors (Lipinski definition) is 1. The van der Waals surface area contributed by atoms with Gasteiger partial charge in [0, 0.05) is 0 Å². The predicted molar refractivity (Wildman–Crippen MR) is 114 cm³/mol. The Bertz CT molecular complexity index is 988. The van der Waals surface area contributed by atoms with Crippen LogP contribution in [-0.4, -0.2) is 25.1 Å². The molecule has 0 fully saturated rings. The summed E-state index contributed by atoms with van der Waals surface area (Å²) in [6.45, 7) is 1.72. The molecule has 0 radical (unpaired) electrons. The average molecular weight is 405 g/mol. The van der Waals surface area contributed by atoms with Gasteiger partial charge in [0.1, 0.15) is 11.5 Å². The number of esters is 1. The van der Waals surface area contributed by atoms with Gasteiger partial charge >= 0.3 is 5.97 Å². The maximum atomic E-state index is 12.2. The van der Waals surface area contributed by atoms with Crippen LogP contribution in [0.3, 0.4) is 0 Å². The van der Waals surface area contributed by atoms with Crippen molar-refractivity contribution in [3.63, 3.8) is 0 Å². The number of benzene rings is 3. The van der Waals surface area contributed by atoms with Gasteiger partial charge in [0.25, 0.3) is 5.91 Å². The quantitative estimate of drug-likeness (QED) is 0.521. The van der Waals surface area contributed by atoms with Crippen molar-refractivity contribution in [2.75, 3.05) is 18.5 Å². The Morgan fingerprint density at radius 2 is 1.50 bits per heavy atom. The molecule has 30 heavy (non-hydrogen) atoms. The van der Waals surface area contributed by atoms with E-state index in [1.807, 2.05) is 67.6 Å². The number of hydrogen-bond acceptors (Lipinski definition) is 5. The van der Waals surface area contributed by atoms with Crippen LogP contribution in [0.4, 0.5) is 5.69 Å². The van der Waals surface area contributed by atoms with Crippen LogP contribution in [0, 0.1) is 6.92 Å². The summed E-state index contributed by atoms with van der Waals surface area (Å²) in [7, 11) is 0. The molecule has 0 saturated heterocycles. The van der Waals surface area contributed by atoms with Crippen molar-refractivity contribution in [2.24, 2.45) is 0 Å². The fourth-order valence-corrected chi connectivity index (χ4v) is 2.64. The van der Waals surface area contributed by atoms with Gasteiger partial charge in [-0.05, 0) is 42.8 Å². The second kappa shape index (κ2) is 10.7. The number of nitrogens with one attached hydrogen (secondary N) is 1. The van der Waals surface area contributed by atoms with Crippen molar-refractivity contribution in [3.05, 3.63) is 84.4 Å². The van der Waals surface area contributed by atoms with Gasteiger partial charge in [-0.3, -0.25) is 9.59 Å². The number of carbonyl (C=O) groups excluding carboxylic acids is 2. The molecule has 0 spiro atoms. The fraction of sp³-hybridized carbons (Fsp3) is 0.167. The van der Waals surface area contributed by atoms with Crippen LogP contribution in [-0.2, 0) is 14.3 Å². The molecule has 1 N–H and O–H groups in total. The first-order chi connectivity index (χ1) is 14.6. The lowest BCUT2D eigenvalue weighted by molar-refractivity contribution is -0.147. The number of aryl methyl sites for hydroxylation is 1. The summed E-state index contributed by atoms with van der Waals surface area (Å²) >= 11 is 0. The highest BCUT2D eigenvalue weighted by Gasteiger charge is 2.11. The van der Waals surface area contributed by atoms with Crippen LogP contribution in [0.25, 0.3) is 0 Å².